The molecule has 0 aliphatic carbocycles. The lowest BCUT2D eigenvalue weighted by atomic mass is 10.1. The molecule has 0 fully saturated rings. The van der Waals surface area contributed by atoms with Crippen molar-refractivity contribution >= 4 is 11.1 Å². The van der Waals surface area contributed by atoms with Crippen LogP contribution in [-0.2, 0) is 0 Å². The van der Waals surface area contributed by atoms with Gasteiger partial charge in [-0.3, -0.25) is 0 Å². The van der Waals surface area contributed by atoms with Gasteiger partial charge >= 0.3 is 0 Å². The Kier molecular flexibility index (Phi) is 4.85. The number of oxazole rings is 1. The lowest BCUT2D eigenvalue weighted by molar-refractivity contribution is 0.313. The first-order chi connectivity index (χ1) is 13.2. The lowest BCUT2D eigenvalue weighted by Gasteiger charge is -2.05. The average molecular weight is 362 g/mol. The van der Waals surface area contributed by atoms with Gasteiger partial charge in [0.25, 0.3) is 0 Å². The zero-order chi connectivity index (χ0) is 18.6. The maximum atomic E-state index is 14.0. The third-order valence-electron chi connectivity index (χ3n) is 4.27. The highest BCUT2D eigenvalue weighted by Gasteiger charge is 2.11. The summed E-state index contributed by atoms with van der Waals surface area (Å²) in [5.41, 5.74) is 8.93. The van der Waals surface area contributed by atoms with E-state index in [9.17, 15) is 4.39 Å². The van der Waals surface area contributed by atoms with Crippen molar-refractivity contribution < 1.29 is 13.5 Å². The summed E-state index contributed by atoms with van der Waals surface area (Å²) in [6.07, 6.45) is 0.798. The number of nitrogens with two attached hydrogens (primary N) is 1. The number of nitrogens with zero attached hydrogens (tertiary/aromatic N) is 1. The van der Waals surface area contributed by atoms with E-state index in [0.717, 1.165) is 28.8 Å². The summed E-state index contributed by atoms with van der Waals surface area (Å²) in [6.45, 7) is 1.16. The van der Waals surface area contributed by atoms with Crippen molar-refractivity contribution in [2.45, 2.75) is 6.42 Å². The van der Waals surface area contributed by atoms with E-state index in [4.69, 9.17) is 14.9 Å². The first-order valence-electron chi connectivity index (χ1n) is 8.83. The Balaban J connectivity index is 1.66. The largest absolute Gasteiger partial charge is 0.494 e. The molecule has 0 atom stereocenters. The summed E-state index contributed by atoms with van der Waals surface area (Å²) in [6, 6.07) is 19.8. The van der Waals surface area contributed by atoms with E-state index >= 15 is 0 Å². The quantitative estimate of drug-likeness (QED) is 0.489. The van der Waals surface area contributed by atoms with Crippen LogP contribution in [0.3, 0.4) is 0 Å². The van der Waals surface area contributed by atoms with Crippen molar-refractivity contribution in [3.8, 4) is 28.3 Å². The van der Waals surface area contributed by atoms with Gasteiger partial charge in [0.05, 0.1) is 6.61 Å². The molecule has 4 nitrogen and oxygen atoms in total. The SMILES string of the molecule is NCCCOc1cccc(-c2nc3ccc(-c4ccccc4F)cc3o2)c1. The predicted octanol–water partition coefficient (Wildman–Crippen LogP) is 5.03. The molecule has 0 saturated carbocycles. The third-order valence-corrected chi connectivity index (χ3v) is 4.27. The molecule has 0 amide bonds. The summed E-state index contributed by atoms with van der Waals surface area (Å²) in [4.78, 5) is 4.54. The summed E-state index contributed by atoms with van der Waals surface area (Å²) in [5, 5.41) is 0. The maximum absolute atomic E-state index is 14.0. The fourth-order valence-electron chi connectivity index (χ4n) is 2.90. The molecule has 1 aromatic heterocycles. The number of hydrogen-bond donors (Lipinski definition) is 1. The van der Waals surface area contributed by atoms with Gasteiger partial charge in [-0.05, 0) is 54.9 Å². The van der Waals surface area contributed by atoms with Crippen LogP contribution in [0.4, 0.5) is 4.39 Å². The smallest absolute Gasteiger partial charge is 0.227 e. The van der Waals surface area contributed by atoms with Gasteiger partial charge in [0, 0.05) is 11.1 Å². The molecule has 0 aliphatic rings. The number of ether oxygens (including phenoxy) is 1. The van der Waals surface area contributed by atoms with Gasteiger partial charge in [-0.2, -0.15) is 0 Å². The Morgan fingerprint density at radius 1 is 0.963 bits per heavy atom. The Morgan fingerprint density at radius 3 is 2.70 bits per heavy atom. The number of benzene rings is 3. The van der Waals surface area contributed by atoms with Crippen LogP contribution in [0.5, 0.6) is 5.75 Å². The highest BCUT2D eigenvalue weighted by atomic mass is 19.1. The van der Waals surface area contributed by atoms with Crippen molar-refractivity contribution in [2.24, 2.45) is 5.73 Å². The van der Waals surface area contributed by atoms with Crippen LogP contribution in [0.2, 0.25) is 0 Å². The van der Waals surface area contributed by atoms with Crippen molar-refractivity contribution in [3.05, 3.63) is 72.5 Å². The predicted molar refractivity (Wildman–Crippen MR) is 104 cm³/mol. The summed E-state index contributed by atoms with van der Waals surface area (Å²) < 4.78 is 25.7. The van der Waals surface area contributed by atoms with E-state index in [1.807, 2.05) is 48.5 Å². The van der Waals surface area contributed by atoms with Crippen LogP contribution in [0.25, 0.3) is 33.7 Å². The van der Waals surface area contributed by atoms with E-state index in [1.54, 1.807) is 12.1 Å². The highest BCUT2D eigenvalue weighted by Crippen LogP contribution is 2.30. The van der Waals surface area contributed by atoms with E-state index in [2.05, 4.69) is 4.98 Å². The first-order valence-corrected chi connectivity index (χ1v) is 8.83. The molecule has 0 spiro atoms. The zero-order valence-electron chi connectivity index (χ0n) is 14.7. The number of aromatic nitrogens is 1. The Bertz CT molecular complexity index is 1070. The second-order valence-electron chi connectivity index (χ2n) is 6.20. The van der Waals surface area contributed by atoms with Crippen LogP contribution in [0.1, 0.15) is 6.42 Å². The molecule has 4 aromatic rings. The van der Waals surface area contributed by atoms with Gasteiger partial charge in [0.2, 0.25) is 5.89 Å². The van der Waals surface area contributed by atoms with Gasteiger partial charge in [-0.1, -0.05) is 30.3 Å². The summed E-state index contributed by atoms with van der Waals surface area (Å²) in [7, 11) is 0. The summed E-state index contributed by atoms with van der Waals surface area (Å²) in [5.74, 6) is 0.981. The van der Waals surface area contributed by atoms with Gasteiger partial charge in [-0.25, -0.2) is 9.37 Å². The van der Waals surface area contributed by atoms with E-state index in [0.29, 0.717) is 30.2 Å². The van der Waals surface area contributed by atoms with Crippen molar-refractivity contribution in [3.63, 3.8) is 0 Å². The molecule has 0 aliphatic heterocycles. The second kappa shape index (κ2) is 7.60. The molecule has 0 saturated heterocycles. The van der Waals surface area contributed by atoms with Crippen molar-refractivity contribution in [1.29, 1.82) is 0 Å². The topological polar surface area (TPSA) is 61.3 Å². The number of rotatable bonds is 6. The molecule has 0 unspecified atom stereocenters. The fourth-order valence-corrected chi connectivity index (χ4v) is 2.90. The minimum atomic E-state index is -0.265. The number of hydrogen-bond acceptors (Lipinski definition) is 4. The lowest BCUT2D eigenvalue weighted by Crippen LogP contribution is -2.06. The highest BCUT2D eigenvalue weighted by molar-refractivity contribution is 5.82. The van der Waals surface area contributed by atoms with Gasteiger partial charge in [0.1, 0.15) is 17.1 Å². The van der Waals surface area contributed by atoms with Gasteiger partial charge in [-0.15, -0.1) is 0 Å². The van der Waals surface area contributed by atoms with Gasteiger partial charge in [0.15, 0.2) is 5.58 Å². The first kappa shape index (κ1) is 17.2. The van der Waals surface area contributed by atoms with E-state index in [-0.39, 0.29) is 5.82 Å². The normalized spacial score (nSPS) is 11.0. The van der Waals surface area contributed by atoms with Crippen LogP contribution < -0.4 is 10.5 Å². The van der Waals surface area contributed by atoms with Crippen LogP contribution >= 0.6 is 0 Å². The van der Waals surface area contributed by atoms with Crippen LogP contribution in [0, 0.1) is 5.82 Å². The number of halogens is 1. The molecule has 5 heteroatoms. The van der Waals surface area contributed by atoms with E-state index in [1.165, 1.54) is 6.07 Å². The minimum Gasteiger partial charge on any atom is -0.494 e. The van der Waals surface area contributed by atoms with Crippen molar-refractivity contribution in [1.82, 2.24) is 4.98 Å². The van der Waals surface area contributed by atoms with Crippen LogP contribution in [0.15, 0.2) is 71.1 Å². The monoisotopic (exact) mass is 362 g/mol. The zero-order valence-corrected chi connectivity index (χ0v) is 14.7. The summed E-state index contributed by atoms with van der Waals surface area (Å²) >= 11 is 0. The third kappa shape index (κ3) is 3.68. The molecular weight excluding hydrogens is 343 g/mol. The average Bonchev–Trinajstić information content (AvgIpc) is 3.12. The number of fused-ring (bicyclic) bond motifs is 1. The van der Waals surface area contributed by atoms with Gasteiger partial charge < -0.3 is 14.9 Å². The molecule has 27 heavy (non-hydrogen) atoms. The Morgan fingerprint density at radius 2 is 1.85 bits per heavy atom. The Hall–Kier alpha value is -3.18. The standard InChI is InChI=1S/C22H19FN2O2/c23-19-8-2-1-7-18(19)15-9-10-20-21(14-15)27-22(25-20)16-5-3-6-17(13-16)26-12-4-11-24/h1-3,5-10,13-14H,4,11-12,24H2. The maximum Gasteiger partial charge on any atom is 0.227 e. The molecule has 0 bridgehead atoms. The molecule has 3 aromatic carbocycles. The molecular formula is C22H19FN2O2. The molecule has 136 valence electrons. The van der Waals surface area contributed by atoms with Crippen LogP contribution in [-0.4, -0.2) is 18.1 Å². The fraction of sp³-hybridized carbons (Fsp3) is 0.136. The minimum absolute atomic E-state index is 0.265. The van der Waals surface area contributed by atoms with Crippen molar-refractivity contribution in [2.75, 3.05) is 13.2 Å². The Labute approximate surface area is 156 Å². The molecule has 0 radical (unpaired) electrons. The molecule has 2 N–H and O–H groups in total. The second-order valence-corrected chi connectivity index (χ2v) is 6.20. The molecule has 4 rings (SSSR count). The van der Waals surface area contributed by atoms with E-state index < -0.39 is 0 Å². The molecule has 1 heterocycles.